The summed E-state index contributed by atoms with van der Waals surface area (Å²) in [4.78, 5) is 21.0. The first-order valence-electron chi connectivity index (χ1n) is 14.7. The van der Waals surface area contributed by atoms with Gasteiger partial charge in [0.1, 0.15) is 11.4 Å². The Morgan fingerprint density at radius 3 is 2.78 bits per heavy atom. The van der Waals surface area contributed by atoms with Gasteiger partial charge in [0.2, 0.25) is 0 Å². The monoisotopic (exact) mass is 561 g/mol. The van der Waals surface area contributed by atoms with Crippen LogP contribution in [0.4, 0.5) is 5.69 Å². The van der Waals surface area contributed by atoms with Crippen LogP contribution in [0.25, 0.3) is 11.3 Å². The van der Waals surface area contributed by atoms with E-state index in [1.807, 2.05) is 51.9 Å². The maximum atomic E-state index is 14.3. The van der Waals surface area contributed by atoms with Crippen molar-refractivity contribution in [1.82, 2.24) is 19.8 Å². The molecule has 9 nitrogen and oxygen atoms in total. The number of ether oxygens (including phenoxy) is 2. The smallest absolute Gasteiger partial charge is 0.275 e. The zero-order valence-electron chi connectivity index (χ0n) is 24.4. The molecule has 2 aliphatic rings. The van der Waals surface area contributed by atoms with Gasteiger partial charge in [0.15, 0.2) is 5.69 Å². The van der Waals surface area contributed by atoms with E-state index < -0.39 is 5.60 Å². The van der Waals surface area contributed by atoms with Gasteiger partial charge in [-0.2, -0.15) is 0 Å². The lowest BCUT2D eigenvalue weighted by Gasteiger charge is -2.41. The minimum atomic E-state index is -1.02. The number of anilines is 1. The largest absolute Gasteiger partial charge is 0.495 e. The molecule has 0 bridgehead atoms. The highest BCUT2D eigenvalue weighted by molar-refractivity contribution is 5.98. The zero-order chi connectivity index (χ0) is 28.8. The first kappa shape index (κ1) is 29.1. The van der Waals surface area contributed by atoms with Crippen LogP contribution < -0.4 is 15.4 Å². The molecule has 220 valence electrons. The van der Waals surface area contributed by atoms with E-state index >= 15 is 0 Å². The standard InChI is InChI=1S/C32H43N5O4/c1-23-10-9-13-26(41-3)28(23)34-17-15-25-20-33-18-19-36(25)31(38)29-30(24-11-5-4-6-12-24)37(22-35-29)27-14-7-8-16-32(27,39)21-40-2/h4-6,9-13,22,25,27,33-34,39H,7-8,14-21H2,1-3H3/t25-,27-,32-/m1/s1. The Kier molecular flexibility index (Phi) is 9.27. The fourth-order valence-corrected chi connectivity index (χ4v) is 6.48. The molecule has 2 heterocycles. The molecule has 0 unspecified atom stereocenters. The number of benzene rings is 2. The maximum Gasteiger partial charge on any atom is 0.275 e. The Morgan fingerprint density at radius 2 is 2.00 bits per heavy atom. The molecule has 3 atom stereocenters. The van der Waals surface area contributed by atoms with Crippen LogP contribution in [0.1, 0.15) is 54.2 Å². The van der Waals surface area contributed by atoms with Crippen molar-refractivity contribution in [1.29, 1.82) is 0 Å². The summed E-state index contributed by atoms with van der Waals surface area (Å²) in [5.74, 6) is 0.738. The molecule has 9 heteroatoms. The number of carbonyl (C=O) groups is 1. The number of para-hydroxylation sites is 1. The summed E-state index contributed by atoms with van der Waals surface area (Å²) in [5, 5.41) is 18.6. The number of hydrogen-bond donors (Lipinski definition) is 3. The summed E-state index contributed by atoms with van der Waals surface area (Å²) in [6.07, 6.45) is 5.92. The lowest BCUT2D eigenvalue weighted by molar-refractivity contribution is -0.0893. The van der Waals surface area contributed by atoms with Crippen LogP contribution >= 0.6 is 0 Å². The summed E-state index contributed by atoms with van der Waals surface area (Å²) in [6, 6.07) is 15.7. The minimum absolute atomic E-state index is 0.00708. The van der Waals surface area contributed by atoms with Crippen molar-refractivity contribution in [2.75, 3.05) is 52.3 Å². The molecule has 1 aliphatic carbocycles. The van der Waals surface area contributed by atoms with Crippen LogP contribution in [-0.2, 0) is 4.74 Å². The van der Waals surface area contributed by atoms with Crippen LogP contribution in [0.15, 0.2) is 54.9 Å². The van der Waals surface area contributed by atoms with Gasteiger partial charge in [0.25, 0.3) is 5.91 Å². The number of aliphatic hydroxyl groups is 1. The number of carbonyl (C=O) groups excluding carboxylic acids is 1. The number of methoxy groups -OCH3 is 2. The van der Waals surface area contributed by atoms with Crippen LogP contribution in [0.3, 0.4) is 0 Å². The van der Waals surface area contributed by atoms with Crippen molar-refractivity contribution in [3.05, 3.63) is 66.1 Å². The van der Waals surface area contributed by atoms with Crippen molar-refractivity contribution in [2.24, 2.45) is 0 Å². The maximum absolute atomic E-state index is 14.3. The normalized spacial score (nSPS) is 22.9. The summed E-state index contributed by atoms with van der Waals surface area (Å²) < 4.78 is 13.0. The van der Waals surface area contributed by atoms with Gasteiger partial charge in [-0.3, -0.25) is 4.79 Å². The molecule has 0 radical (unpaired) electrons. The minimum Gasteiger partial charge on any atom is -0.495 e. The van der Waals surface area contributed by atoms with E-state index in [1.165, 1.54) is 0 Å². The highest BCUT2D eigenvalue weighted by atomic mass is 16.5. The number of nitrogens with zero attached hydrogens (tertiary/aromatic N) is 3. The van der Waals surface area contributed by atoms with Crippen molar-refractivity contribution >= 4 is 11.6 Å². The molecule has 1 aliphatic heterocycles. The highest BCUT2D eigenvalue weighted by Crippen LogP contribution is 2.41. The predicted molar refractivity (Wildman–Crippen MR) is 161 cm³/mol. The number of aromatic nitrogens is 2. The van der Waals surface area contributed by atoms with Crippen LogP contribution in [0.5, 0.6) is 5.75 Å². The summed E-state index contributed by atoms with van der Waals surface area (Å²) >= 11 is 0. The number of amides is 1. The van der Waals surface area contributed by atoms with Crippen molar-refractivity contribution in [2.45, 2.75) is 56.7 Å². The molecular weight excluding hydrogens is 518 g/mol. The molecule has 1 amide bonds. The predicted octanol–water partition coefficient (Wildman–Crippen LogP) is 4.28. The van der Waals surface area contributed by atoms with Crippen molar-refractivity contribution in [3.63, 3.8) is 0 Å². The fourth-order valence-electron chi connectivity index (χ4n) is 6.48. The van der Waals surface area contributed by atoms with E-state index in [1.54, 1.807) is 20.5 Å². The topological polar surface area (TPSA) is 101 Å². The zero-order valence-corrected chi connectivity index (χ0v) is 24.4. The van der Waals surface area contributed by atoms with Gasteiger partial charge in [-0.1, -0.05) is 55.3 Å². The third kappa shape index (κ3) is 6.12. The quantitative estimate of drug-likeness (QED) is 0.340. The molecule has 2 aromatic carbocycles. The van der Waals surface area contributed by atoms with Gasteiger partial charge in [-0.15, -0.1) is 0 Å². The van der Waals surface area contributed by atoms with Gasteiger partial charge in [-0.05, 0) is 37.8 Å². The van der Waals surface area contributed by atoms with E-state index in [0.29, 0.717) is 25.2 Å². The van der Waals surface area contributed by atoms with Crippen molar-refractivity contribution in [3.8, 4) is 17.0 Å². The van der Waals surface area contributed by atoms with E-state index in [0.717, 1.165) is 67.0 Å². The molecule has 1 saturated heterocycles. The third-order valence-electron chi connectivity index (χ3n) is 8.58. The Bertz CT molecular complexity index is 1310. The van der Waals surface area contributed by atoms with Gasteiger partial charge in [0, 0.05) is 44.9 Å². The van der Waals surface area contributed by atoms with Gasteiger partial charge in [0.05, 0.1) is 37.5 Å². The second-order valence-electron chi connectivity index (χ2n) is 11.2. The first-order valence-corrected chi connectivity index (χ1v) is 14.7. The Labute approximate surface area is 242 Å². The third-order valence-corrected chi connectivity index (χ3v) is 8.58. The summed E-state index contributed by atoms with van der Waals surface area (Å²) in [6.45, 7) is 5.06. The molecule has 41 heavy (non-hydrogen) atoms. The molecule has 3 aromatic rings. The number of imidazole rings is 1. The van der Waals surface area contributed by atoms with Crippen LogP contribution in [-0.4, -0.2) is 84.1 Å². The molecule has 5 rings (SSSR count). The SMILES string of the molecule is COC[C@]1(O)CCCC[C@H]1n1cnc(C(=O)N2CCNC[C@H]2CCNc2c(C)cccc2OC)c1-c1ccccc1. The number of nitrogens with one attached hydrogen (secondary N) is 2. The Hall–Kier alpha value is -3.40. The average molecular weight is 562 g/mol. The molecular formula is C32H43N5O4. The lowest BCUT2D eigenvalue weighted by Crippen LogP contribution is -2.54. The second kappa shape index (κ2) is 13.1. The fraction of sp³-hybridized carbons (Fsp3) is 0.500. The highest BCUT2D eigenvalue weighted by Gasteiger charge is 2.42. The van der Waals surface area contributed by atoms with Gasteiger partial charge < -0.3 is 34.7 Å². The van der Waals surface area contributed by atoms with E-state index in [2.05, 4.69) is 23.6 Å². The second-order valence-corrected chi connectivity index (χ2v) is 11.2. The number of hydrogen-bond acceptors (Lipinski definition) is 7. The summed E-state index contributed by atoms with van der Waals surface area (Å²) in [5.41, 5.74) is 3.20. The summed E-state index contributed by atoms with van der Waals surface area (Å²) in [7, 11) is 3.30. The number of rotatable bonds is 10. The lowest BCUT2D eigenvalue weighted by atomic mass is 9.80. The molecule has 1 aromatic heterocycles. The molecule has 2 fully saturated rings. The van der Waals surface area contributed by atoms with Gasteiger partial charge >= 0.3 is 0 Å². The average Bonchev–Trinajstić information content (AvgIpc) is 3.43. The van der Waals surface area contributed by atoms with Crippen molar-refractivity contribution < 1.29 is 19.4 Å². The molecule has 1 saturated carbocycles. The first-order chi connectivity index (χ1) is 20.0. The Morgan fingerprint density at radius 1 is 1.17 bits per heavy atom. The number of piperazine rings is 1. The number of aryl methyl sites for hydroxylation is 1. The van der Waals surface area contributed by atoms with E-state index in [4.69, 9.17) is 14.5 Å². The van der Waals surface area contributed by atoms with E-state index in [9.17, 15) is 9.90 Å². The molecule has 0 spiro atoms. The van der Waals surface area contributed by atoms with Crippen LogP contribution in [0, 0.1) is 6.92 Å². The Balaban J connectivity index is 1.42. The van der Waals surface area contributed by atoms with E-state index in [-0.39, 0.29) is 24.6 Å². The van der Waals surface area contributed by atoms with Gasteiger partial charge in [-0.25, -0.2) is 4.98 Å². The molecule has 3 N–H and O–H groups in total. The van der Waals surface area contributed by atoms with Crippen LogP contribution in [0.2, 0.25) is 0 Å².